The van der Waals surface area contributed by atoms with Crippen LogP contribution in [0.25, 0.3) is 0 Å². The van der Waals surface area contributed by atoms with Crippen LogP contribution in [0.2, 0.25) is 0 Å². The van der Waals surface area contributed by atoms with Crippen LogP contribution in [0.1, 0.15) is 47.1 Å². The third kappa shape index (κ3) is 14.8. The molecule has 0 spiro atoms. The number of aliphatic hydroxyl groups is 1. The fourth-order valence-electron chi connectivity index (χ4n) is 5.99. The molecular formula is C41H48N4O13. The summed E-state index contributed by atoms with van der Waals surface area (Å²) >= 11 is 0. The van der Waals surface area contributed by atoms with Gasteiger partial charge in [0.1, 0.15) is 24.1 Å². The third-order valence-electron chi connectivity index (χ3n) is 8.47. The summed E-state index contributed by atoms with van der Waals surface area (Å²) in [6, 6.07) is 23.8. The van der Waals surface area contributed by atoms with Gasteiger partial charge in [0.05, 0.1) is 35.0 Å². The second-order valence-corrected chi connectivity index (χ2v) is 14.4. The number of nitriles is 1. The molecule has 2 fully saturated rings. The monoisotopic (exact) mass is 804 g/mol. The maximum atomic E-state index is 12.0. The Balaban J connectivity index is 0.000000262. The highest BCUT2D eigenvalue weighted by Gasteiger charge is 2.41. The highest BCUT2D eigenvalue weighted by Crippen LogP contribution is 2.20. The second kappa shape index (κ2) is 21.5. The number of carbonyl (C=O) groups excluding carboxylic acids is 3. The Morgan fingerprint density at radius 1 is 0.793 bits per heavy atom. The number of aliphatic hydroxyl groups excluding tert-OH is 1. The second-order valence-electron chi connectivity index (χ2n) is 14.4. The number of β-amino-alcohol motifs (C(OH)–C–C–N with tert-alkyl or cyclic N) is 1. The number of alkyl carbamates (subject to hydrolysis) is 1. The Kier molecular flexibility index (Phi) is 16.5. The van der Waals surface area contributed by atoms with Crippen LogP contribution in [0.15, 0.2) is 84.9 Å². The highest BCUT2D eigenvalue weighted by atomic mass is 16.6. The lowest BCUT2D eigenvalue weighted by atomic mass is 10.1. The molecule has 2 aliphatic heterocycles. The van der Waals surface area contributed by atoms with Crippen LogP contribution in [0.3, 0.4) is 0 Å². The van der Waals surface area contributed by atoms with Crippen molar-refractivity contribution < 1.29 is 63.0 Å². The molecular weight excluding hydrogens is 756 g/mol. The number of ether oxygens (including phenoxy) is 5. The van der Waals surface area contributed by atoms with Gasteiger partial charge in [-0.15, -0.1) is 0 Å². The average Bonchev–Trinajstić information content (AvgIpc) is 3.18. The Labute approximate surface area is 335 Å². The Morgan fingerprint density at radius 2 is 1.28 bits per heavy atom. The fraction of sp³-hybridized carbons (Fsp3) is 0.415. The van der Waals surface area contributed by atoms with Crippen molar-refractivity contribution in [3.05, 3.63) is 102 Å². The molecule has 3 aromatic rings. The van der Waals surface area contributed by atoms with E-state index in [1.807, 2.05) is 20.8 Å². The van der Waals surface area contributed by atoms with E-state index in [-0.39, 0.29) is 29.9 Å². The Morgan fingerprint density at radius 3 is 1.72 bits per heavy atom. The van der Waals surface area contributed by atoms with Crippen LogP contribution in [-0.2, 0) is 28.5 Å². The van der Waals surface area contributed by atoms with Crippen LogP contribution in [0.5, 0.6) is 5.75 Å². The van der Waals surface area contributed by atoms with Crippen LogP contribution >= 0.6 is 0 Å². The summed E-state index contributed by atoms with van der Waals surface area (Å²) in [5, 5.41) is 40.5. The normalized spacial score (nSPS) is 18.1. The SMILES string of the molecule is CC(C)(C)OC(=O)NCCN1CC2CN(C[C@H](O)COc3ccc(C#N)cc3)CC(C1)O2.O=C(OC(C(=O)O)C(OC(=O)c1ccccc1)C(=O)O)c1ccccc1. The van der Waals surface area contributed by atoms with Gasteiger partial charge in [0.15, 0.2) is 0 Å². The van der Waals surface area contributed by atoms with E-state index in [1.54, 1.807) is 36.4 Å². The zero-order chi connectivity index (χ0) is 42.2. The number of fused-ring (bicyclic) bond motifs is 2. The highest BCUT2D eigenvalue weighted by molar-refractivity contribution is 5.95. The topological polar surface area (TPSA) is 234 Å². The molecule has 3 aromatic carbocycles. The molecule has 2 bridgehead atoms. The minimum Gasteiger partial charge on any atom is -0.491 e. The zero-order valence-electron chi connectivity index (χ0n) is 32.4. The molecule has 0 saturated carbocycles. The van der Waals surface area contributed by atoms with E-state index in [1.165, 1.54) is 48.5 Å². The van der Waals surface area contributed by atoms with Crippen molar-refractivity contribution in [3.63, 3.8) is 0 Å². The number of hydrogen-bond acceptors (Lipinski definition) is 14. The molecule has 58 heavy (non-hydrogen) atoms. The van der Waals surface area contributed by atoms with Gasteiger partial charge in [-0.1, -0.05) is 36.4 Å². The molecule has 17 nitrogen and oxygen atoms in total. The van der Waals surface area contributed by atoms with Gasteiger partial charge in [0.2, 0.25) is 12.2 Å². The molecule has 17 heteroatoms. The van der Waals surface area contributed by atoms with Gasteiger partial charge in [-0.2, -0.15) is 5.26 Å². The van der Waals surface area contributed by atoms with Crippen LogP contribution in [0, 0.1) is 11.3 Å². The number of morpholine rings is 2. The van der Waals surface area contributed by atoms with Crippen molar-refractivity contribution in [2.24, 2.45) is 0 Å². The van der Waals surface area contributed by atoms with Gasteiger partial charge in [0, 0.05) is 45.8 Å². The predicted octanol–water partition coefficient (Wildman–Crippen LogP) is 2.81. The first-order chi connectivity index (χ1) is 27.6. The van der Waals surface area contributed by atoms with Crippen LogP contribution < -0.4 is 10.1 Å². The van der Waals surface area contributed by atoms with E-state index in [0.29, 0.717) is 24.4 Å². The molecule has 310 valence electrons. The number of esters is 2. The first kappa shape index (κ1) is 44.7. The molecule has 5 atom stereocenters. The summed E-state index contributed by atoms with van der Waals surface area (Å²) in [6.07, 6.45) is -5.28. The molecule has 0 aliphatic carbocycles. The number of amides is 1. The molecule has 2 heterocycles. The number of carboxylic acids is 2. The van der Waals surface area contributed by atoms with Crippen molar-refractivity contribution in [1.82, 2.24) is 15.1 Å². The van der Waals surface area contributed by atoms with Gasteiger partial charge in [-0.05, 0) is 69.3 Å². The van der Waals surface area contributed by atoms with E-state index in [4.69, 9.17) is 28.9 Å². The third-order valence-corrected chi connectivity index (χ3v) is 8.47. The number of nitrogens with zero attached hydrogens (tertiary/aromatic N) is 3. The van der Waals surface area contributed by atoms with Crippen molar-refractivity contribution in [2.75, 3.05) is 52.4 Å². The molecule has 2 aliphatic rings. The minimum absolute atomic E-state index is 0.0253. The quantitative estimate of drug-likeness (QED) is 0.128. The molecule has 2 saturated heterocycles. The number of nitrogens with one attached hydrogen (secondary N) is 1. The Hall–Kier alpha value is -6.06. The van der Waals surface area contributed by atoms with E-state index in [2.05, 4.69) is 21.2 Å². The summed E-state index contributed by atoms with van der Waals surface area (Å²) in [5.74, 6) is -5.00. The molecule has 0 aromatic heterocycles. The molecule has 0 radical (unpaired) electrons. The van der Waals surface area contributed by atoms with Gasteiger partial charge in [0.25, 0.3) is 0 Å². The van der Waals surface area contributed by atoms with Crippen molar-refractivity contribution >= 4 is 30.0 Å². The lowest BCUT2D eigenvalue weighted by Crippen LogP contribution is -2.61. The first-order valence-corrected chi connectivity index (χ1v) is 18.5. The zero-order valence-corrected chi connectivity index (χ0v) is 32.4. The number of carboxylic acid groups (broad SMARTS) is 2. The maximum Gasteiger partial charge on any atom is 0.407 e. The van der Waals surface area contributed by atoms with Gasteiger partial charge in [-0.3, -0.25) is 9.80 Å². The number of rotatable bonds is 15. The van der Waals surface area contributed by atoms with Gasteiger partial charge in [-0.25, -0.2) is 24.0 Å². The minimum atomic E-state index is -2.21. The lowest BCUT2D eigenvalue weighted by molar-refractivity contribution is -0.166. The average molecular weight is 805 g/mol. The van der Waals surface area contributed by atoms with Crippen molar-refractivity contribution in [3.8, 4) is 11.8 Å². The summed E-state index contributed by atoms with van der Waals surface area (Å²) in [4.78, 5) is 63.2. The van der Waals surface area contributed by atoms with E-state index in [0.717, 1.165) is 32.7 Å². The molecule has 4 unspecified atom stereocenters. The molecule has 5 rings (SSSR count). The summed E-state index contributed by atoms with van der Waals surface area (Å²) in [5.41, 5.74) is 0.128. The number of carbonyl (C=O) groups is 5. The number of benzene rings is 3. The summed E-state index contributed by atoms with van der Waals surface area (Å²) < 4.78 is 26.5. The lowest BCUT2D eigenvalue weighted by Gasteiger charge is -2.46. The smallest absolute Gasteiger partial charge is 0.407 e. The first-order valence-electron chi connectivity index (χ1n) is 18.5. The fourth-order valence-corrected chi connectivity index (χ4v) is 5.99. The van der Waals surface area contributed by atoms with Crippen LogP contribution in [0.4, 0.5) is 4.79 Å². The van der Waals surface area contributed by atoms with E-state index < -0.39 is 53.9 Å². The van der Waals surface area contributed by atoms with Crippen molar-refractivity contribution in [2.45, 2.75) is 56.9 Å². The van der Waals surface area contributed by atoms with E-state index >= 15 is 0 Å². The number of hydrogen-bond donors (Lipinski definition) is 4. The van der Waals surface area contributed by atoms with Crippen LogP contribution in [-0.4, -0.2) is 144 Å². The van der Waals surface area contributed by atoms with Gasteiger partial charge >= 0.3 is 30.0 Å². The van der Waals surface area contributed by atoms with Crippen molar-refractivity contribution in [1.29, 1.82) is 5.26 Å². The summed E-state index contributed by atoms with van der Waals surface area (Å²) in [6.45, 7) is 10.6. The largest absolute Gasteiger partial charge is 0.491 e. The van der Waals surface area contributed by atoms with E-state index in [9.17, 15) is 39.3 Å². The number of aliphatic carboxylic acids is 2. The van der Waals surface area contributed by atoms with Gasteiger partial charge < -0.3 is 44.3 Å². The maximum absolute atomic E-state index is 12.0. The molecule has 4 N–H and O–H groups in total. The summed E-state index contributed by atoms with van der Waals surface area (Å²) in [7, 11) is 0. The molecule has 1 amide bonds. The predicted molar refractivity (Wildman–Crippen MR) is 205 cm³/mol. The standard InChI is InChI=1S/C23H34N4O5.C18H14O8/c1-23(2,3)32-22(29)25-8-9-26-12-20-14-27(15-21(13-26)31-20)11-18(28)16-30-19-6-4-17(10-24)5-7-19;19-15(20)13(25-17(23)11-7-3-1-4-8-11)14(16(21)22)26-18(24)12-9-5-2-6-10-12/h4-7,18,20-21,28H,8-9,11-16H2,1-3H3,(H,25,29);1-10,13-14H,(H,19,20)(H,21,22)/t18-,20?,21?;/m0./s1. The Bertz CT molecular complexity index is 1780.